The van der Waals surface area contributed by atoms with Gasteiger partial charge in [-0.15, -0.1) is 0 Å². The van der Waals surface area contributed by atoms with E-state index >= 15 is 0 Å². The topological polar surface area (TPSA) is 60.4 Å². The molecule has 1 fully saturated rings. The molecule has 4 heteroatoms. The van der Waals surface area contributed by atoms with Gasteiger partial charge in [-0.25, -0.2) is 0 Å². The third-order valence-corrected chi connectivity index (χ3v) is 2.50. The molecule has 0 aromatic rings. The van der Waals surface area contributed by atoms with Crippen molar-refractivity contribution in [1.82, 2.24) is 0 Å². The van der Waals surface area contributed by atoms with Gasteiger partial charge in [-0.1, -0.05) is 13.8 Å². The molecular weight excluding hydrogens is 155 g/mol. The van der Waals surface area contributed by atoms with Crippen LogP contribution in [0, 0.1) is 17.3 Å². The van der Waals surface area contributed by atoms with Gasteiger partial charge in [0.2, 0.25) is 0 Å². The fourth-order valence-electron chi connectivity index (χ4n) is 1.55. The molecule has 1 N–H and O–H groups in total. The van der Waals surface area contributed by atoms with E-state index in [0.717, 1.165) is 0 Å². The first-order chi connectivity index (χ1) is 4.51. The molecule has 11 heavy (non-hydrogen) atoms. The monoisotopic (exact) mass is 166 g/mol. The third kappa shape index (κ3) is 1.78. The van der Waals surface area contributed by atoms with E-state index in [0.29, 0.717) is 0 Å². The van der Waals surface area contributed by atoms with Crippen molar-refractivity contribution < 1.29 is 44.6 Å². The smallest absolute Gasteiger partial charge is 0.550 e. The minimum absolute atomic E-state index is 0. The van der Waals surface area contributed by atoms with Gasteiger partial charge in [0.15, 0.2) is 0 Å². The first-order valence-corrected chi connectivity index (χ1v) is 3.33. The Kier molecular flexibility index (Phi) is 3.57. The van der Waals surface area contributed by atoms with Gasteiger partial charge in [-0.3, -0.25) is 0 Å². The fourth-order valence-corrected chi connectivity index (χ4v) is 1.55. The van der Waals surface area contributed by atoms with Gasteiger partial charge in [0, 0.05) is 18.5 Å². The summed E-state index contributed by atoms with van der Waals surface area (Å²) in [6.07, 6.45) is 0. The zero-order valence-electron chi connectivity index (χ0n) is 7.13. The van der Waals surface area contributed by atoms with E-state index in [9.17, 15) is 9.90 Å². The standard InChI is InChI=1S/C7H12O3.Na/c1-7(2)4(3-8)5(7)6(9)10;/h4-5,8H,3H2,1-2H3,(H,9,10);/q;+1/p-1. The Labute approximate surface area is 88.1 Å². The Morgan fingerprint density at radius 1 is 1.64 bits per heavy atom. The predicted molar refractivity (Wildman–Crippen MR) is 32.9 cm³/mol. The van der Waals surface area contributed by atoms with Crippen molar-refractivity contribution in [1.29, 1.82) is 0 Å². The Morgan fingerprint density at radius 3 is 2.18 bits per heavy atom. The van der Waals surface area contributed by atoms with E-state index in [4.69, 9.17) is 5.11 Å². The molecule has 1 aliphatic carbocycles. The van der Waals surface area contributed by atoms with Crippen molar-refractivity contribution in [2.24, 2.45) is 17.3 Å². The predicted octanol–water partition coefficient (Wildman–Crippen LogP) is -4.00. The fraction of sp³-hybridized carbons (Fsp3) is 0.857. The van der Waals surface area contributed by atoms with Crippen molar-refractivity contribution in [3.8, 4) is 0 Å². The molecule has 1 rings (SSSR count). The van der Waals surface area contributed by atoms with Crippen molar-refractivity contribution in [3.05, 3.63) is 0 Å². The van der Waals surface area contributed by atoms with Crippen LogP contribution in [0.5, 0.6) is 0 Å². The van der Waals surface area contributed by atoms with E-state index < -0.39 is 11.9 Å². The van der Waals surface area contributed by atoms with Gasteiger partial charge in [0.1, 0.15) is 0 Å². The maximum absolute atomic E-state index is 10.3. The van der Waals surface area contributed by atoms with Gasteiger partial charge < -0.3 is 15.0 Å². The second-order valence-corrected chi connectivity index (χ2v) is 3.41. The minimum atomic E-state index is -1.04. The zero-order valence-corrected chi connectivity index (χ0v) is 9.13. The van der Waals surface area contributed by atoms with Crippen LogP contribution in [0.1, 0.15) is 13.8 Å². The average Bonchev–Trinajstić information content (AvgIpc) is 2.33. The molecule has 2 atom stereocenters. The van der Waals surface area contributed by atoms with Crippen LogP contribution in [0.2, 0.25) is 0 Å². The maximum Gasteiger partial charge on any atom is 1.00 e. The number of aliphatic hydroxyl groups is 1. The van der Waals surface area contributed by atoms with Crippen molar-refractivity contribution in [3.63, 3.8) is 0 Å². The second-order valence-electron chi connectivity index (χ2n) is 3.41. The summed E-state index contributed by atoms with van der Waals surface area (Å²) in [7, 11) is 0. The molecule has 2 unspecified atom stereocenters. The summed E-state index contributed by atoms with van der Waals surface area (Å²) in [5.41, 5.74) is -0.256. The molecule has 1 saturated carbocycles. The average molecular weight is 166 g/mol. The number of aliphatic carboxylic acids is 1. The van der Waals surface area contributed by atoms with Crippen LogP contribution < -0.4 is 34.7 Å². The zero-order chi connectivity index (χ0) is 7.94. The number of carboxylic acids is 1. The number of carboxylic acid groups (broad SMARTS) is 1. The number of hydrogen-bond acceptors (Lipinski definition) is 3. The van der Waals surface area contributed by atoms with Crippen LogP contribution >= 0.6 is 0 Å². The van der Waals surface area contributed by atoms with Crippen LogP contribution in [0.15, 0.2) is 0 Å². The molecule has 0 saturated heterocycles. The minimum Gasteiger partial charge on any atom is -0.550 e. The number of hydrogen-bond donors (Lipinski definition) is 1. The number of carbonyl (C=O) groups excluding carboxylic acids is 1. The van der Waals surface area contributed by atoms with Gasteiger partial charge in [-0.2, -0.15) is 0 Å². The van der Waals surface area contributed by atoms with Gasteiger partial charge >= 0.3 is 29.6 Å². The summed E-state index contributed by atoms with van der Waals surface area (Å²) in [6.45, 7) is 3.61. The largest absolute Gasteiger partial charge is 1.00 e. The van der Waals surface area contributed by atoms with E-state index in [1.165, 1.54) is 0 Å². The Hall–Kier alpha value is 0.430. The molecule has 58 valence electrons. The molecule has 0 amide bonds. The van der Waals surface area contributed by atoms with Crippen molar-refractivity contribution in [2.75, 3.05) is 6.61 Å². The molecule has 0 heterocycles. The summed E-state index contributed by atoms with van der Waals surface area (Å²) >= 11 is 0. The molecule has 0 bridgehead atoms. The molecule has 0 radical (unpaired) electrons. The molecule has 1 aliphatic rings. The van der Waals surface area contributed by atoms with E-state index in [2.05, 4.69) is 0 Å². The number of carbonyl (C=O) groups is 1. The van der Waals surface area contributed by atoms with Crippen molar-refractivity contribution >= 4 is 5.97 Å². The van der Waals surface area contributed by atoms with Crippen LogP contribution in [-0.4, -0.2) is 17.7 Å². The molecule has 0 aromatic heterocycles. The molecule has 0 spiro atoms. The molecule has 3 nitrogen and oxygen atoms in total. The van der Waals surface area contributed by atoms with Crippen LogP contribution in [0.25, 0.3) is 0 Å². The first kappa shape index (κ1) is 11.4. The summed E-state index contributed by atoms with van der Waals surface area (Å²) in [4.78, 5) is 10.3. The number of rotatable bonds is 2. The Bertz CT molecular complexity index is 167. The molecule has 0 aliphatic heterocycles. The SMILES string of the molecule is CC1(C)C(CO)C1C(=O)[O-].[Na+]. The van der Waals surface area contributed by atoms with E-state index in [-0.39, 0.29) is 47.5 Å². The summed E-state index contributed by atoms with van der Waals surface area (Å²) < 4.78 is 0. The van der Waals surface area contributed by atoms with E-state index in [1.54, 1.807) is 0 Å². The Balaban J connectivity index is 0.000001000. The second kappa shape index (κ2) is 3.44. The normalized spacial score (nSPS) is 32.3. The van der Waals surface area contributed by atoms with Gasteiger partial charge in [0.05, 0.1) is 0 Å². The van der Waals surface area contributed by atoms with Crippen LogP contribution in [0.4, 0.5) is 0 Å². The summed E-state index contributed by atoms with van der Waals surface area (Å²) in [6, 6.07) is 0. The molecule has 0 aromatic carbocycles. The van der Waals surface area contributed by atoms with E-state index in [1.807, 2.05) is 13.8 Å². The van der Waals surface area contributed by atoms with Gasteiger partial charge in [0.25, 0.3) is 0 Å². The first-order valence-electron chi connectivity index (χ1n) is 3.33. The van der Waals surface area contributed by atoms with Crippen molar-refractivity contribution in [2.45, 2.75) is 13.8 Å². The summed E-state index contributed by atoms with van der Waals surface area (Å²) in [5.74, 6) is -1.58. The van der Waals surface area contributed by atoms with Gasteiger partial charge in [-0.05, 0) is 11.3 Å². The maximum atomic E-state index is 10.3. The molecular formula is C7H11NaO3. The number of aliphatic hydroxyl groups excluding tert-OH is 1. The quantitative estimate of drug-likeness (QED) is 0.425. The summed E-state index contributed by atoms with van der Waals surface area (Å²) in [5, 5.41) is 19.0. The Morgan fingerprint density at radius 2 is 2.09 bits per heavy atom. The van der Waals surface area contributed by atoms with Crippen LogP contribution in [0.3, 0.4) is 0 Å². The van der Waals surface area contributed by atoms with Crippen LogP contribution in [-0.2, 0) is 4.79 Å². The third-order valence-electron chi connectivity index (χ3n) is 2.50.